The van der Waals surface area contributed by atoms with Gasteiger partial charge in [-0.2, -0.15) is 0 Å². The molecule has 170 valence electrons. The minimum atomic E-state index is -0.220. The Morgan fingerprint density at radius 3 is 2.82 bits per heavy atom. The maximum atomic E-state index is 14.1. The van der Waals surface area contributed by atoms with Crippen LogP contribution in [0.2, 0.25) is 0 Å². The molecule has 0 N–H and O–H groups in total. The van der Waals surface area contributed by atoms with Crippen LogP contribution in [0.5, 0.6) is 5.75 Å². The molecule has 3 aromatic rings. The molecule has 6 nitrogen and oxygen atoms in total. The maximum Gasteiger partial charge on any atom is 0.172 e. The van der Waals surface area contributed by atoms with E-state index in [9.17, 15) is 4.39 Å². The highest BCUT2D eigenvalue weighted by molar-refractivity contribution is 6.03. The van der Waals surface area contributed by atoms with Crippen molar-refractivity contribution in [2.45, 2.75) is 32.7 Å². The van der Waals surface area contributed by atoms with Gasteiger partial charge < -0.3 is 19.0 Å². The fourth-order valence-corrected chi connectivity index (χ4v) is 4.64. The SMILES string of the molecule is COc1cc(/C=C2\CCCN3C2=NOC[C@H]3c2cc(C)cc(F)c2)ccc1-n1cnc(C)c1. The van der Waals surface area contributed by atoms with E-state index in [0.29, 0.717) is 6.61 Å². The van der Waals surface area contributed by atoms with Gasteiger partial charge in [0.15, 0.2) is 5.84 Å². The Kier molecular flexibility index (Phi) is 5.62. The first-order valence-electron chi connectivity index (χ1n) is 11.2. The van der Waals surface area contributed by atoms with Crippen molar-refractivity contribution >= 4 is 11.9 Å². The normalized spacial score (nSPS) is 19.2. The summed E-state index contributed by atoms with van der Waals surface area (Å²) in [5, 5.41) is 4.40. The van der Waals surface area contributed by atoms with Crippen LogP contribution in [-0.4, -0.2) is 40.5 Å². The molecule has 1 aromatic heterocycles. The highest BCUT2D eigenvalue weighted by Crippen LogP contribution is 2.34. The molecule has 2 aliphatic heterocycles. The molecule has 0 bridgehead atoms. The minimum Gasteiger partial charge on any atom is -0.495 e. The second-order valence-electron chi connectivity index (χ2n) is 8.61. The number of piperidine rings is 1. The number of benzene rings is 2. The molecule has 3 heterocycles. The van der Waals surface area contributed by atoms with Crippen molar-refractivity contribution in [2.75, 3.05) is 20.3 Å². The van der Waals surface area contributed by atoms with Crippen LogP contribution in [0.1, 0.15) is 41.3 Å². The van der Waals surface area contributed by atoms with Crippen molar-refractivity contribution in [3.8, 4) is 11.4 Å². The topological polar surface area (TPSA) is 51.9 Å². The molecule has 2 aromatic carbocycles. The van der Waals surface area contributed by atoms with Gasteiger partial charge in [-0.05, 0) is 79.3 Å². The lowest BCUT2D eigenvalue weighted by Gasteiger charge is -2.40. The van der Waals surface area contributed by atoms with Gasteiger partial charge in [0.05, 0.1) is 30.9 Å². The zero-order chi connectivity index (χ0) is 22.9. The molecular weight excluding hydrogens is 419 g/mol. The van der Waals surface area contributed by atoms with E-state index in [1.807, 2.05) is 42.8 Å². The first-order valence-corrected chi connectivity index (χ1v) is 11.2. The number of fused-ring (bicyclic) bond motifs is 1. The molecule has 7 heteroatoms. The van der Waals surface area contributed by atoms with Crippen LogP contribution in [0.3, 0.4) is 0 Å². The number of aromatic nitrogens is 2. The number of ether oxygens (including phenoxy) is 1. The molecule has 5 rings (SSSR count). The van der Waals surface area contributed by atoms with Crippen molar-refractivity contribution < 1.29 is 14.0 Å². The summed E-state index contributed by atoms with van der Waals surface area (Å²) in [6.07, 6.45) is 7.79. The number of halogens is 1. The molecule has 0 amide bonds. The fraction of sp³-hybridized carbons (Fsp3) is 0.308. The van der Waals surface area contributed by atoms with E-state index in [4.69, 9.17) is 9.57 Å². The first-order chi connectivity index (χ1) is 16.0. The van der Waals surface area contributed by atoms with Crippen LogP contribution in [0, 0.1) is 19.7 Å². The average Bonchev–Trinajstić information content (AvgIpc) is 3.24. The second kappa shape index (κ2) is 8.73. The third-order valence-corrected chi connectivity index (χ3v) is 6.15. The Bertz CT molecular complexity index is 1230. The number of oxime groups is 1. The van der Waals surface area contributed by atoms with Gasteiger partial charge in [0.25, 0.3) is 0 Å². The van der Waals surface area contributed by atoms with E-state index < -0.39 is 0 Å². The van der Waals surface area contributed by atoms with Crippen molar-refractivity contribution in [1.29, 1.82) is 0 Å². The molecule has 33 heavy (non-hydrogen) atoms. The summed E-state index contributed by atoms with van der Waals surface area (Å²) >= 11 is 0. The fourth-order valence-electron chi connectivity index (χ4n) is 4.64. The zero-order valence-electron chi connectivity index (χ0n) is 19.1. The number of rotatable bonds is 4. The monoisotopic (exact) mass is 446 g/mol. The van der Waals surface area contributed by atoms with Crippen LogP contribution in [-0.2, 0) is 4.84 Å². The van der Waals surface area contributed by atoms with Crippen LogP contribution in [0.25, 0.3) is 11.8 Å². The quantitative estimate of drug-likeness (QED) is 0.553. The summed E-state index contributed by atoms with van der Waals surface area (Å²) in [5.74, 6) is 1.37. The number of hydrogen-bond acceptors (Lipinski definition) is 5. The summed E-state index contributed by atoms with van der Waals surface area (Å²) < 4.78 is 21.7. The van der Waals surface area contributed by atoms with Crippen molar-refractivity contribution in [1.82, 2.24) is 14.5 Å². The molecule has 0 aliphatic carbocycles. The van der Waals surface area contributed by atoms with Gasteiger partial charge in [-0.25, -0.2) is 9.37 Å². The minimum absolute atomic E-state index is 0.0583. The zero-order valence-corrected chi connectivity index (χ0v) is 19.1. The molecule has 1 saturated heterocycles. The number of imidazole rings is 1. The van der Waals surface area contributed by atoms with E-state index in [0.717, 1.165) is 64.6 Å². The Morgan fingerprint density at radius 2 is 2.06 bits per heavy atom. The Labute approximate surface area is 192 Å². The van der Waals surface area contributed by atoms with Gasteiger partial charge in [0, 0.05) is 12.7 Å². The van der Waals surface area contributed by atoms with Crippen LogP contribution >= 0.6 is 0 Å². The van der Waals surface area contributed by atoms with Gasteiger partial charge in [-0.15, -0.1) is 0 Å². The van der Waals surface area contributed by atoms with Gasteiger partial charge in [0.2, 0.25) is 0 Å². The number of amidine groups is 1. The maximum absolute atomic E-state index is 14.1. The summed E-state index contributed by atoms with van der Waals surface area (Å²) in [5.41, 5.74) is 5.84. The largest absolute Gasteiger partial charge is 0.495 e. The molecular formula is C26H27FN4O2. The summed E-state index contributed by atoms with van der Waals surface area (Å²) in [7, 11) is 1.67. The van der Waals surface area contributed by atoms with Crippen LogP contribution in [0.4, 0.5) is 4.39 Å². The average molecular weight is 447 g/mol. The smallest absolute Gasteiger partial charge is 0.172 e. The molecule has 1 fully saturated rings. The highest BCUT2D eigenvalue weighted by atomic mass is 19.1. The molecule has 0 radical (unpaired) electrons. The van der Waals surface area contributed by atoms with E-state index >= 15 is 0 Å². The van der Waals surface area contributed by atoms with Crippen LogP contribution in [0.15, 0.2) is 59.7 Å². The third-order valence-electron chi connectivity index (χ3n) is 6.15. The summed E-state index contributed by atoms with van der Waals surface area (Å²) in [4.78, 5) is 12.2. The van der Waals surface area contributed by atoms with Gasteiger partial charge in [0.1, 0.15) is 18.2 Å². The van der Waals surface area contributed by atoms with Crippen molar-refractivity contribution in [3.63, 3.8) is 0 Å². The number of methoxy groups -OCH3 is 1. The van der Waals surface area contributed by atoms with Crippen molar-refractivity contribution in [3.05, 3.63) is 82.7 Å². The Balaban J connectivity index is 1.46. The number of aryl methyl sites for hydroxylation is 2. The van der Waals surface area contributed by atoms with Crippen LogP contribution < -0.4 is 4.74 Å². The lowest BCUT2D eigenvalue weighted by atomic mass is 9.95. The summed E-state index contributed by atoms with van der Waals surface area (Å²) in [6, 6.07) is 11.2. The number of hydrogen-bond donors (Lipinski definition) is 0. The number of nitrogens with zero attached hydrogens (tertiary/aromatic N) is 4. The summed E-state index contributed by atoms with van der Waals surface area (Å²) in [6.45, 7) is 5.14. The molecule has 2 aliphatic rings. The Hall–Kier alpha value is -3.61. The van der Waals surface area contributed by atoms with E-state index in [2.05, 4.69) is 27.2 Å². The van der Waals surface area contributed by atoms with Gasteiger partial charge >= 0.3 is 0 Å². The van der Waals surface area contributed by atoms with E-state index in [-0.39, 0.29) is 11.9 Å². The molecule has 0 saturated carbocycles. The van der Waals surface area contributed by atoms with E-state index in [1.165, 1.54) is 0 Å². The lowest BCUT2D eigenvalue weighted by Crippen LogP contribution is -2.44. The Morgan fingerprint density at radius 1 is 1.18 bits per heavy atom. The molecule has 0 unspecified atom stereocenters. The van der Waals surface area contributed by atoms with Gasteiger partial charge in [-0.3, -0.25) is 0 Å². The second-order valence-corrected chi connectivity index (χ2v) is 8.61. The van der Waals surface area contributed by atoms with Gasteiger partial charge in [-0.1, -0.05) is 17.3 Å². The third kappa shape index (κ3) is 4.23. The highest BCUT2D eigenvalue weighted by Gasteiger charge is 2.33. The molecule has 0 spiro atoms. The first kappa shape index (κ1) is 21.2. The standard InChI is InChI=1S/C26H27FN4O2/c1-17-9-21(13-22(27)10-17)24-15-33-29-26-20(5-4-8-31(24)26)11-19-6-7-23(25(12-19)32-3)30-14-18(2)28-16-30/h6-7,9-14,16,24H,4-5,8,15H2,1-3H3/b20-11+/t24-/m0/s1. The van der Waals surface area contributed by atoms with E-state index in [1.54, 1.807) is 25.6 Å². The predicted octanol–water partition coefficient (Wildman–Crippen LogP) is 5.20. The molecule has 1 atom stereocenters. The predicted molar refractivity (Wildman–Crippen MR) is 126 cm³/mol. The lowest BCUT2D eigenvalue weighted by molar-refractivity contribution is 0.0574. The van der Waals surface area contributed by atoms with Crippen molar-refractivity contribution in [2.24, 2.45) is 5.16 Å².